The molecule has 0 saturated carbocycles. The number of fused-ring (bicyclic) bond motifs is 1. The number of ether oxygens (including phenoxy) is 1. The van der Waals surface area contributed by atoms with E-state index in [0.717, 1.165) is 12.1 Å². The number of aryl methyl sites for hydroxylation is 2. The first-order valence-corrected chi connectivity index (χ1v) is 12.3. The van der Waals surface area contributed by atoms with Crippen molar-refractivity contribution in [1.29, 1.82) is 5.26 Å². The molecule has 3 heterocycles. The summed E-state index contributed by atoms with van der Waals surface area (Å²) in [6.07, 6.45) is 2.84. The number of carbonyl (C=O) groups is 1. The molecule has 204 valence electrons. The Hall–Kier alpha value is -5.63. The average Bonchev–Trinajstić information content (AvgIpc) is 3.22. The third-order valence-corrected chi connectivity index (χ3v) is 6.42. The van der Waals surface area contributed by atoms with Gasteiger partial charge in [-0.05, 0) is 50.2 Å². The van der Waals surface area contributed by atoms with E-state index in [2.05, 4.69) is 32.9 Å². The topological polar surface area (TPSA) is 132 Å². The molecule has 0 radical (unpaired) electrons. The number of carbonyl (C=O) groups excluding carboxylic acids is 1. The normalized spacial score (nSPS) is 10.8. The number of rotatable bonds is 6. The fourth-order valence-electron chi connectivity index (χ4n) is 4.53. The Bertz CT molecular complexity index is 1930. The van der Waals surface area contributed by atoms with E-state index in [0.29, 0.717) is 11.2 Å². The maximum Gasteiger partial charge on any atom is 0.322 e. The molecule has 5 rings (SSSR count). The molecule has 41 heavy (non-hydrogen) atoms. The van der Waals surface area contributed by atoms with Crippen LogP contribution in [0.15, 0.2) is 67.0 Å². The minimum atomic E-state index is -0.698. The molecule has 3 aromatic heterocycles. The summed E-state index contributed by atoms with van der Waals surface area (Å²) in [5, 5.41) is 12.7. The summed E-state index contributed by atoms with van der Waals surface area (Å²) in [5.74, 6) is -1.67. The first kappa shape index (κ1) is 27.0. The second-order valence-electron chi connectivity index (χ2n) is 9.33. The molecule has 0 saturated heterocycles. The van der Waals surface area contributed by atoms with Gasteiger partial charge in [0.1, 0.15) is 29.3 Å². The van der Waals surface area contributed by atoms with Gasteiger partial charge in [-0.2, -0.15) is 5.26 Å². The van der Waals surface area contributed by atoms with Gasteiger partial charge in [0.15, 0.2) is 0 Å². The molecule has 0 spiro atoms. The molecule has 11 heteroatoms. The van der Waals surface area contributed by atoms with Crippen molar-refractivity contribution < 1.29 is 18.3 Å². The maximum atomic E-state index is 15.8. The van der Waals surface area contributed by atoms with Crippen LogP contribution in [-0.4, -0.2) is 25.4 Å². The second-order valence-corrected chi connectivity index (χ2v) is 9.33. The van der Waals surface area contributed by atoms with Crippen LogP contribution in [0.5, 0.6) is 11.8 Å². The Morgan fingerprint density at radius 3 is 2.51 bits per heavy atom. The molecule has 0 aliphatic carbocycles. The number of nitrogens with two attached hydrogens (primary N) is 1. The molecular formula is C30H23F2N7O2. The van der Waals surface area contributed by atoms with Gasteiger partial charge in [0, 0.05) is 59.2 Å². The number of anilines is 2. The molecule has 9 nitrogen and oxygen atoms in total. The summed E-state index contributed by atoms with van der Waals surface area (Å²) < 4.78 is 38.7. The number of pyridine rings is 1. The molecule has 1 amide bonds. The van der Waals surface area contributed by atoms with Crippen LogP contribution < -0.4 is 15.8 Å². The third kappa shape index (κ3) is 4.94. The van der Waals surface area contributed by atoms with Crippen LogP contribution in [-0.2, 0) is 11.8 Å². The number of nitrogens with one attached hydrogen (secondary N) is 1. The lowest BCUT2D eigenvalue weighted by Crippen LogP contribution is -2.12. The lowest BCUT2D eigenvalue weighted by atomic mass is 9.97. The Morgan fingerprint density at radius 1 is 1.12 bits per heavy atom. The number of hydrogen-bond acceptors (Lipinski definition) is 7. The predicted octanol–water partition coefficient (Wildman–Crippen LogP) is 6.04. The number of nitrogen functional groups attached to an aromatic ring is 1. The van der Waals surface area contributed by atoms with Crippen LogP contribution in [0.4, 0.5) is 20.3 Å². The summed E-state index contributed by atoms with van der Waals surface area (Å²) in [6.45, 7) is 6.89. The number of nitriles is 1. The van der Waals surface area contributed by atoms with Crippen molar-refractivity contribution in [3.8, 4) is 40.2 Å². The van der Waals surface area contributed by atoms with Gasteiger partial charge in [-0.3, -0.25) is 4.79 Å². The molecule has 0 unspecified atom stereocenters. The second kappa shape index (κ2) is 10.5. The Morgan fingerprint density at radius 2 is 1.85 bits per heavy atom. The van der Waals surface area contributed by atoms with E-state index in [1.165, 1.54) is 43.6 Å². The van der Waals surface area contributed by atoms with Crippen molar-refractivity contribution in [2.75, 3.05) is 11.1 Å². The molecule has 0 bridgehead atoms. The van der Waals surface area contributed by atoms with Crippen LogP contribution in [0, 0.1) is 29.9 Å². The molecule has 0 aliphatic heterocycles. The highest BCUT2D eigenvalue weighted by molar-refractivity contribution is 6.11. The fraction of sp³-hybridized carbons (Fsp3) is 0.100. The maximum absolute atomic E-state index is 15.8. The lowest BCUT2D eigenvalue weighted by Gasteiger charge is -2.13. The van der Waals surface area contributed by atoms with E-state index in [1.54, 1.807) is 24.6 Å². The van der Waals surface area contributed by atoms with Crippen molar-refractivity contribution in [2.24, 2.45) is 7.05 Å². The van der Waals surface area contributed by atoms with Crippen molar-refractivity contribution in [1.82, 2.24) is 19.5 Å². The highest BCUT2D eigenvalue weighted by Crippen LogP contribution is 2.45. The van der Waals surface area contributed by atoms with Gasteiger partial charge in [0.2, 0.25) is 0 Å². The van der Waals surface area contributed by atoms with Gasteiger partial charge in [-0.1, -0.05) is 6.58 Å². The van der Waals surface area contributed by atoms with Crippen molar-refractivity contribution in [2.45, 2.75) is 13.8 Å². The summed E-state index contributed by atoms with van der Waals surface area (Å²) in [4.78, 5) is 24.4. The van der Waals surface area contributed by atoms with E-state index in [9.17, 15) is 10.1 Å². The van der Waals surface area contributed by atoms with Crippen LogP contribution in [0.2, 0.25) is 0 Å². The molecular weight excluding hydrogens is 528 g/mol. The van der Waals surface area contributed by atoms with Crippen LogP contribution in [0.25, 0.3) is 33.3 Å². The number of aromatic nitrogens is 4. The average molecular weight is 552 g/mol. The fourth-order valence-corrected chi connectivity index (χ4v) is 4.53. The largest absolute Gasteiger partial charge is 0.424 e. The summed E-state index contributed by atoms with van der Waals surface area (Å²) in [7, 11) is 1.63. The molecule has 3 N–H and O–H groups in total. The van der Waals surface area contributed by atoms with E-state index in [-0.39, 0.29) is 62.2 Å². The smallest absolute Gasteiger partial charge is 0.322 e. The lowest BCUT2D eigenvalue weighted by molar-refractivity contribution is -0.112. The summed E-state index contributed by atoms with van der Waals surface area (Å²) in [6, 6.07) is 12.1. The van der Waals surface area contributed by atoms with E-state index in [1.807, 2.05) is 0 Å². The zero-order chi connectivity index (χ0) is 29.4. The zero-order valence-electron chi connectivity index (χ0n) is 22.3. The van der Waals surface area contributed by atoms with Gasteiger partial charge >= 0.3 is 6.01 Å². The number of nitrogens with zero attached hydrogens (tertiary/aromatic N) is 5. The van der Waals surface area contributed by atoms with Gasteiger partial charge < -0.3 is 20.4 Å². The third-order valence-electron chi connectivity index (χ3n) is 6.42. The molecule has 0 aliphatic rings. The first-order chi connectivity index (χ1) is 19.6. The first-order valence-electron chi connectivity index (χ1n) is 12.3. The minimum Gasteiger partial charge on any atom is -0.424 e. The Kier molecular flexibility index (Phi) is 6.90. The van der Waals surface area contributed by atoms with Crippen LogP contribution >= 0.6 is 0 Å². The Balaban J connectivity index is 1.71. The van der Waals surface area contributed by atoms with Crippen molar-refractivity contribution in [3.05, 3.63) is 89.9 Å². The predicted molar refractivity (Wildman–Crippen MR) is 151 cm³/mol. The molecule has 2 aromatic carbocycles. The standard InChI is InChI=1S/C30H23F2N7O2/c1-15(2)29(40)38-18-5-7-21(22(31)11-18)27-24(25-26(39(27)4)17(13-33)14-36-28(25)34)20-8-6-19(12-23(20)32)41-30-35-10-9-16(3)37-30/h5-12,14H,1H2,2-4H3,(H2,34,36)(H,38,40). The monoisotopic (exact) mass is 551 g/mol. The number of halogens is 2. The molecule has 5 aromatic rings. The van der Waals surface area contributed by atoms with E-state index >= 15 is 8.78 Å². The zero-order valence-corrected chi connectivity index (χ0v) is 22.3. The van der Waals surface area contributed by atoms with E-state index < -0.39 is 17.5 Å². The van der Waals surface area contributed by atoms with Crippen LogP contribution in [0.3, 0.4) is 0 Å². The van der Waals surface area contributed by atoms with Gasteiger partial charge in [-0.15, -0.1) is 0 Å². The minimum absolute atomic E-state index is 0.0366. The number of benzene rings is 2. The van der Waals surface area contributed by atoms with Crippen molar-refractivity contribution in [3.63, 3.8) is 0 Å². The van der Waals surface area contributed by atoms with E-state index in [4.69, 9.17) is 10.5 Å². The summed E-state index contributed by atoms with van der Waals surface area (Å²) in [5.41, 5.74) is 8.60. The molecule has 0 atom stereocenters. The van der Waals surface area contributed by atoms with Crippen LogP contribution in [0.1, 0.15) is 18.2 Å². The van der Waals surface area contributed by atoms with Gasteiger partial charge in [0.25, 0.3) is 5.91 Å². The Labute approximate surface area is 233 Å². The highest BCUT2D eigenvalue weighted by atomic mass is 19.1. The highest BCUT2D eigenvalue weighted by Gasteiger charge is 2.27. The SMILES string of the molecule is C=C(C)C(=O)Nc1ccc(-c2c(-c3ccc(Oc4nccc(C)n4)cc3F)c3c(N)ncc(C#N)c3n2C)c(F)c1. The van der Waals surface area contributed by atoms with Crippen molar-refractivity contribution >= 4 is 28.3 Å². The summed E-state index contributed by atoms with van der Waals surface area (Å²) >= 11 is 0. The molecule has 0 fully saturated rings. The number of amides is 1. The quantitative estimate of drug-likeness (QED) is 0.246. The van der Waals surface area contributed by atoms with Gasteiger partial charge in [0.05, 0.1) is 22.2 Å². The number of hydrogen-bond donors (Lipinski definition) is 2. The van der Waals surface area contributed by atoms with Gasteiger partial charge in [-0.25, -0.2) is 23.7 Å².